The van der Waals surface area contributed by atoms with Gasteiger partial charge in [-0.3, -0.25) is 4.79 Å². The van der Waals surface area contributed by atoms with Crippen LogP contribution in [-0.4, -0.2) is 46.8 Å². The molecule has 1 amide bonds. The Morgan fingerprint density at radius 1 is 1.44 bits per heavy atom. The molecule has 6 heteroatoms. The maximum Gasteiger partial charge on any atom is 0.410 e. The van der Waals surface area contributed by atoms with Crippen molar-refractivity contribution in [3.63, 3.8) is 0 Å². The number of carbonyl (C=O) groups is 2. The van der Waals surface area contributed by atoms with Crippen LogP contribution in [-0.2, 0) is 9.53 Å². The first-order chi connectivity index (χ1) is 8.19. The zero-order valence-corrected chi connectivity index (χ0v) is 11.2. The molecule has 1 aliphatic rings. The van der Waals surface area contributed by atoms with E-state index >= 15 is 0 Å². The summed E-state index contributed by atoms with van der Waals surface area (Å²) >= 11 is 0. The van der Waals surface area contributed by atoms with Crippen molar-refractivity contribution in [2.45, 2.75) is 45.3 Å². The molecule has 0 aromatic rings. The van der Waals surface area contributed by atoms with Gasteiger partial charge in [-0.1, -0.05) is 0 Å². The Balaban J connectivity index is 2.20. The summed E-state index contributed by atoms with van der Waals surface area (Å²) in [6, 6.07) is -0.805. The van der Waals surface area contributed by atoms with Crippen LogP contribution >= 0.6 is 0 Å². The molecule has 0 unspecified atom stereocenters. The van der Waals surface area contributed by atoms with Gasteiger partial charge in [0.2, 0.25) is 0 Å². The highest BCUT2D eigenvalue weighted by Gasteiger charge is 2.33. The van der Waals surface area contributed by atoms with Crippen LogP contribution in [0.3, 0.4) is 0 Å². The van der Waals surface area contributed by atoms with Gasteiger partial charge < -0.3 is 20.5 Å². The van der Waals surface area contributed by atoms with Gasteiger partial charge in [0, 0.05) is 13.1 Å². The second-order valence-corrected chi connectivity index (χ2v) is 5.77. The average molecular weight is 258 g/mol. The Bertz CT molecular complexity index is 319. The molecule has 0 bridgehead atoms. The fourth-order valence-electron chi connectivity index (χ4n) is 1.77. The van der Waals surface area contributed by atoms with Crippen molar-refractivity contribution >= 4 is 12.1 Å². The third-order valence-corrected chi connectivity index (χ3v) is 2.81. The second-order valence-electron chi connectivity index (χ2n) is 5.77. The number of carboxylic acid groups (broad SMARTS) is 1. The number of nitrogens with zero attached hydrogens (tertiary/aromatic N) is 1. The van der Waals surface area contributed by atoms with Crippen LogP contribution in [0.4, 0.5) is 4.79 Å². The molecule has 1 fully saturated rings. The molecule has 0 saturated carbocycles. The van der Waals surface area contributed by atoms with Gasteiger partial charge in [-0.2, -0.15) is 0 Å². The van der Waals surface area contributed by atoms with Crippen LogP contribution in [0.2, 0.25) is 0 Å². The molecule has 3 N–H and O–H groups in total. The van der Waals surface area contributed by atoms with Crippen molar-refractivity contribution in [3.8, 4) is 0 Å². The molecule has 1 rings (SSSR count). The molecule has 0 radical (unpaired) electrons. The van der Waals surface area contributed by atoms with E-state index in [0.29, 0.717) is 25.4 Å². The summed E-state index contributed by atoms with van der Waals surface area (Å²) in [5.41, 5.74) is 4.94. The minimum Gasteiger partial charge on any atom is -0.480 e. The van der Waals surface area contributed by atoms with Gasteiger partial charge in [0.1, 0.15) is 11.6 Å². The summed E-state index contributed by atoms with van der Waals surface area (Å²) in [4.78, 5) is 23.8. The topological polar surface area (TPSA) is 92.9 Å². The van der Waals surface area contributed by atoms with Crippen LogP contribution in [0.1, 0.15) is 33.6 Å². The second kappa shape index (κ2) is 5.56. The van der Waals surface area contributed by atoms with E-state index in [1.165, 1.54) is 0 Å². The van der Waals surface area contributed by atoms with E-state index in [-0.39, 0.29) is 6.09 Å². The Kier molecular flexibility index (Phi) is 4.56. The van der Waals surface area contributed by atoms with Crippen LogP contribution in [0.15, 0.2) is 0 Å². The third-order valence-electron chi connectivity index (χ3n) is 2.81. The molecule has 1 aliphatic heterocycles. The number of nitrogens with two attached hydrogens (primary N) is 1. The molecule has 1 heterocycles. The summed E-state index contributed by atoms with van der Waals surface area (Å²) in [6.45, 7) is 6.73. The first-order valence-electron chi connectivity index (χ1n) is 6.15. The molecule has 0 aromatic heterocycles. The number of hydrogen-bond donors (Lipinski definition) is 2. The van der Waals surface area contributed by atoms with Gasteiger partial charge in [-0.05, 0) is 39.5 Å². The fourth-order valence-corrected chi connectivity index (χ4v) is 1.77. The Labute approximate surface area is 107 Å². The summed E-state index contributed by atoms with van der Waals surface area (Å²) < 4.78 is 5.22. The van der Waals surface area contributed by atoms with Gasteiger partial charge in [-0.15, -0.1) is 0 Å². The summed E-state index contributed by atoms with van der Waals surface area (Å²) in [5.74, 6) is -0.638. The van der Waals surface area contributed by atoms with Crippen molar-refractivity contribution in [2.75, 3.05) is 13.1 Å². The number of ether oxygens (including phenoxy) is 1. The molecule has 0 aliphatic carbocycles. The lowest BCUT2D eigenvalue weighted by Gasteiger charge is -2.40. The lowest BCUT2D eigenvalue weighted by Crippen LogP contribution is -2.51. The minimum atomic E-state index is -0.974. The predicted octanol–water partition coefficient (Wildman–Crippen LogP) is 1.05. The van der Waals surface area contributed by atoms with E-state index in [1.54, 1.807) is 4.90 Å². The number of aliphatic carboxylic acids is 1. The molecular weight excluding hydrogens is 236 g/mol. The number of amides is 1. The third kappa shape index (κ3) is 4.52. The fraction of sp³-hybridized carbons (Fsp3) is 0.833. The van der Waals surface area contributed by atoms with Gasteiger partial charge in [-0.25, -0.2) is 4.79 Å². The molecule has 104 valence electrons. The maximum absolute atomic E-state index is 11.6. The van der Waals surface area contributed by atoms with Crippen LogP contribution in [0.5, 0.6) is 0 Å². The SMILES string of the molecule is CC(C)(C)OC(=O)N1CC(CC[C@@H](N)C(=O)O)C1. The van der Waals surface area contributed by atoms with E-state index < -0.39 is 17.6 Å². The molecule has 0 spiro atoms. The molecule has 6 nitrogen and oxygen atoms in total. The largest absolute Gasteiger partial charge is 0.480 e. The van der Waals surface area contributed by atoms with Gasteiger partial charge >= 0.3 is 12.1 Å². The summed E-state index contributed by atoms with van der Waals surface area (Å²) in [7, 11) is 0. The molecular formula is C12H22N2O4. The first-order valence-corrected chi connectivity index (χ1v) is 6.15. The number of carbonyl (C=O) groups excluding carboxylic acids is 1. The molecule has 1 saturated heterocycles. The smallest absolute Gasteiger partial charge is 0.410 e. The Morgan fingerprint density at radius 2 is 2.00 bits per heavy atom. The maximum atomic E-state index is 11.6. The standard InChI is InChI=1S/C12H22N2O4/c1-12(2,3)18-11(17)14-6-8(7-14)4-5-9(13)10(15)16/h8-9H,4-7,13H2,1-3H3,(H,15,16)/t9-/m1/s1. The first kappa shape index (κ1) is 14.8. The number of hydrogen-bond acceptors (Lipinski definition) is 4. The van der Waals surface area contributed by atoms with Crippen LogP contribution < -0.4 is 5.73 Å². The lowest BCUT2D eigenvalue weighted by molar-refractivity contribution is -0.138. The molecule has 1 atom stereocenters. The quantitative estimate of drug-likeness (QED) is 0.786. The Hall–Kier alpha value is -1.30. The van der Waals surface area contributed by atoms with E-state index in [2.05, 4.69) is 0 Å². The number of rotatable bonds is 4. The van der Waals surface area contributed by atoms with E-state index in [9.17, 15) is 9.59 Å². The molecule has 0 aromatic carbocycles. The van der Waals surface area contributed by atoms with E-state index in [4.69, 9.17) is 15.6 Å². The van der Waals surface area contributed by atoms with Crippen molar-refractivity contribution in [1.82, 2.24) is 4.90 Å². The summed E-state index contributed by atoms with van der Waals surface area (Å²) in [6.07, 6.45) is 0.871. The predicted molar refractivity (Wildman–Crippen MR) is 66.1 cm³/mol. The Morgan fingerprint density at radius 3 is 2.44 bits per heavy atom. The number of carboxylic acids is 1. The average Bonchev–Trinajstić information content (AvgIpc) is 2.11. The summed E-state index contributed by atoms with van der Waals surface area (Å²) in [5, 5.41) is 8.64. The van der Waals surface area contributed by atoms with Gasteiger partial charge in [0.15, 0.2) is 0 Å². The minimum absolute atomic E-state index is 0.304. The van der Waals surface area contributed by atoms with Crippen LogP contribution in [0, 0.1) is 5.92 Å². The van der Waals surface area contributed by atoms with Crippen LogP contribution in [0.25, 0.3) is 0 Å². The zero-order valence-electron chi connectivity index (χ0n) is 11.2. The number of likely N-dealkylation sites (tertiary alicyclic amines) is 1. The lowest BCUT2D eigenvalue weighted by atomic mass is 9.93. The van der Waals surface area contributed by atoms with Crippen molar-refractivity contribution in [3.05, 3.63) is 0 Å². The highest BCUT2D eigenvalue weighted by molar-refractivity contribution is 5.73. The monoisotopic (exact) mass is 258 g/mol. The normalized spacial score (nSPS) is 18.1. The van der Waals surface area contributed by atoms with Gasteiger partial charge in [0.05, 0.1) is 0 Å². The van der Waals surface area contributed by atoms with Crippen molar-refractivity contribution in [1.29, 1.82) is 0 Å². The van der Waals surface area contributed by atoms with Crippen molar-refractivity contribution < 1.29 is 19.4 Å². The van der Waals surface area contributed by atoms with E-state index in [0.717, 1.165) is 6.42 Å². The highest BCUT2D eigenvalue weighted by Crippen LogP contribution is 2.23. The van der Waals surface area contributed by atoms with E-state index in [1.807, 2.05) is 20.8 Å². The molecule has 18 heavy (non-hydrogen) atoms. The highest BCUT2D eigenvalue weighted by atomic mass is 16.6. The zero-order chi connectivity index (χ0) is 13.9. The van der Waals surface area contributed by atoms with Gasteiger partial charge in [0.25, 0.3) is 0 Å². The van der Waals surface area contributed by atoms with Crippen molar-refractivity contribution in [2.24, 2.45) is 11.7 Å².